The Morgan fingerprint density at radius 2 is 1.61 bits per heavy atom. The van der Waals surface area contributed by atoms with Gasteiger partial charge in [0.25, 0.3) is 0 Å². The van der Waals surface area contributed by atoms with E-state index in [0.717, 1.165) is 19.4 Å². The zero-order chi connectivity index (χ0) is 13.1. The van der Waals surface area contributed by atoms with Crippen LogP contribution in [0.4, 0.5) is 5.69 Å². The summed E-state index contributed by atoms with van der Waals surface area (Å²) in [5.41, 5.74) is 6.40. The number of rotatable bonds is 10. The van der Waals surface area contributed by atoms with Gasteiger partial charge in [-0.25, -0.2) is 0 Å². The highest BCUT2D eigenvalue weighted by molar-refractivity contribution is 5.51. The molecule has 4 nitrogen and oxygen atoms in total. The van der Waals surface area contributed by atoms with Crippen molar-refractivity contribution < 1.29 is 14.2 Å². The van der Waals surface area contributed by atoms with Crippen LogP contribution in [0.3, 0.4) is 0 Å². The van der Waals surface area contributed by atoms with Crippen molar-refractivity contribution in [2.45, 2.75) is 19.8 Å². The minimum atomic E-state index is 0.503. The fraction of sp³-hybridized carbons (Fsp3) is 0.571. The Kier molecular flexibility index (Phi) is 8.01. The number of hydrogen-bond acceptors (Lipinski definition) is 4. The van der Waals surface area contributed by atoms with Gasteiger partial charge in [0.05, 0.1) is 25.5 Å². The molecule has 2 N–H and O–H groups in total. The minimum absolute atomic E-state index is 0.503. The first-order chi connectivity index (χ1) is 8.84. The van der Waals surface area contributed by atoms with Gasteiger partial charge < -0.3 is 19.9 Å². The molecule has 4 heteroatoms. The summed E-state index contributed by atoms with van der Waals surface area (Å²) < 4.78 is 16.2. The maximum atomic E-state index is 5.74. The minimum Gasteiger partial charge on any atom is -0.489 e. The third-order valence-corrected chi connectivity index (χ3v) is 2.42. The molecule has 18 heavy (non-hydrogen) atoms. The lowest BCUT2D eigenvalue weighted by atomic mass is 10.3. The predicted octanol–water partition coefficient (Wildman–Crippen LogP) is 2.48. The van der Waals surface area contributed by atoms with Crippen LogP contribution in [-0.4, -0.2) is 33.0 Å². The molecule has 0 amide bonds. The third-order valence-electron chi connectivity index (χ3n) is 2.42. The van der Waals surface area contributed by atoms with E-state index in [9.17, 15) is 0 Å². The molecule has 0 aromatic heterocycles. The van der Waals surface area contributed by atoms with Gasteiger partial charge in [0, 0.05) is 6.61 Å². The highest BCUT2D eigenvalue weighted by Crippen LogP contribution is 2.19. The Labute approximate surface area is 109 Å². The first-order valence-electron chi connectivity index (χ1n) is 6.47. The number of ether oxygens (including phenoxy) is 3. The van der Waals surface area contributed by atoms with E-state index in [1.54, 1.807) is 0 Å². The van der Waals surface area contributed by atoms with Crippen LogP contribution in [0.5, 0.6) is 5.75 Å². The van der Waals surface area contributed by atoms with Crippen LogP contribution in [0, 0.1) is 0 Å². The summed E-state index contributed by atoms with van der Waals surface area (Å²) >= 11 is 0. The second kappa shape index (κ2) is 9.74. The van der Waals surface area contributed by atoms with Crippen LogP contribution in [0.25, 0.3) is 0 Å². The first-order valence-corrected chi connectivity index (χ1v) is 6.47. The highest BCUT2D eigenvalue weighted by Gasteiger charge is 1.97. The number of hydrogen-bond donors (Lipinski definition) is 1. The van der Waals surface area contributed by atoms with Gasteiger partial charge in [-0.2, -0.15) is 0 Å². The van der Waals surface area contributed by atoms with E-state index in [1.165, 1.54) is 0 Å². The van der Waals surface area contributed by atoms with Gasteiger partial charge >= 0.3 is 0 Å². The van der Waals surface area contributed by atoms with Gasteiger partial charge in [0.1, 0.15) is 12.4 Å². The van der Waals surface area contributed by atoms with Crippen LogP contribution in [0.1, 0.15) is 19.8 Å². The Morgan fingerprint density at radius 3 is 2.33 bits per heavy atom. The molecule has 0 fully saturated rings. The fourth-order valence-corrected chi connectivity index (χ4v) is 1.39. The molecule has 0 aliphatic heterocycles. The zero-order valence-electron chi connectivity index (χ0n) is 11.1. The van der Waals surface area contributed by atoms with Crippen molar-refractivity contribution in [1.82, 2.24) is 0 Å². The van der Waals surface area contributed by atoms with Gasteiger partial charge in [-0.15, -0.1) is 0 Å². The molecule has 1 aromatic rings. The summed E-state index contributed by atoms with van der Waals surface area (Å²) in [6.45, 7) is 5.27. The fourth-order valence-electron chi connectivity index (χ4n) is 1.39. The van der Waals surface area contributed by atoms with Crippen LogP contribution in [0.15, 0.2) is 24.3 Å². The van der Waals surface area contributed by atoms with Crippen LogP contribution in [0.2, 0.25) is 0 Å². The third kappa shape index (κ3) is 6.47. The monoisotopic (exact) mass is 253 g/mol. The predicted molar refractivity (Wildman–Crippen MR) is 72.9 cm³/mol. The molecule has 102 valence electrons. The Bertz CT molecular complexity index is 318. The summed E-state index contributed by atoms with van der Waals surface area (Å²) in [4.78, 5) is 0. The normalized spacial score (nSPS) is 10.5. The van der Waals surface area contributed by atoms with E-state index in [2.05, 4.69) is 6.92 Å². The molecule has 1 rings (SSSR count). The summed E-state index contributed by atoms with van der Waals surface area (Å²) in [6.07, 6.45) is 2.27. The lowest BCUT2D eigenvalue weighted by Crippen LogP contribution is -2.11. The number of anilines is 1. The molecule has 1 aromatic carbocycles. The van der Waals surface area contributed by atoms with Gasteiger partial charge in [-0.3, -0.25) is 0 Å². The van der Waals surface area contributed by atoms with Crippen molar-refractivity contribution in [3.63, 3.8) is 0 Å². The van der Waals surface area contributed by atoms with Crippen molar-refractivity contribution >= 4 is 5.69 Å². The summed E-state index contributed by atoms with van der Waals surface area (Å²) in [5, 5.41) is 0. The molecule has 0 unspecified atom stereocenters. The number of nitrogens with two attached hydrogens (primary N) is 1. The quantitative estimate of drug-likeness (QED) is 0.514. The zero-order valence-corrected chi connectivity index (χ0v) is 11.1. The van der Waals surface area contributed by atoms with E-state index in [0.29, 0.717) is 37.9 Å². The van der Waals surface area contributed by atoms with E-state index in [4.69, 9.17) is 19.9 Å². The maximum absolute atomic E-state index is 5.74. The molecule has 0 saturated heterocycles. The first kappa shape index (κ1) is 14.8. The van der Waals surface area contributed by atoms with Gasteiger partial charge in [0.15, 0.2) is 0 Å². The van der Waals surface area contributed by atoms with Crippen molar-refractivity contribution in [2.75, 3.05) is 38.8 Å². The number of benzene rings is 1. The summed E-state index contributed by atoms with van der Waals surface area (Å²) in [7, 11) is 0. The number of para-hydroxylation sites is 2. The molecular formula is C14H23NO3. The van der Waals surface area contributed by atoms with Gasteiger partial charge in [0.2, 0.25) is 0 Å². The van der Waals surface area contributed by atoms with Crippen LogP contribution < -0.4 is 10.5 Å². The van der Waals surface area contributed by atoms with E-state index in [-0.39, 0.29) is 0 Å². The SMILES string of the molecule is CCCCOCCOCCOc1ccccc1N. The molecule has 0 aliphatic rings. The Balaban J connectivity index is 1.94. The molecule has 0 heterocycles. The highest BCUT2D eigenvalue weighted by atomic mass is 16.5. The van der Waals surface area contributed by atoms with Crippen LogP contribution in [-0.2, 0) is 9.47 Å². The topological polar surface area (TPSA) is 53.7 Å². The Hall–Kier alpha value is -1.26. The smallest absolute Gasteiger partial charge is 0.142 e. The number of unbranched alkanes of at least 4 members (excludes halogenated alkanes) is 1. The lowest BCUT2D eigenvalue weighted by Gasteiger charge is -2.09. The van der Waals surface area contributed by atoms with E-state index in [1.807, 2.05) is 24.3 Å². The largest absolute Gasteiger partial charge is 0.489 e. The second-order valence-corrected chi connectivity index (χ2v) is 3.96. The van der Waals surface area contributed by atoms with Crippen molar-refractivity contribution in [1.29, 1.82) is 0 Å². The molecule has 0 saturated carbocycles. The average Bonchev–Trinajstić information content (AvgIpc) is 2.39. The molecular weight excluding hydrogens is 230 g/mol. The van der Waals surface area contributed by atoms with Gasteiger partial charge in [-0.1, -0.05) is 25.5 Å². The standard InChI is InChI=1S/C14H23NO3/c1-2-3-8-16-9-10-17-11-12-18-14-7-5-4-6-13(14)15/h4-7H,2-3,8-12,15H2,1H3. The molecule has 0 spiro atoms. The molecule has 0 atom stereocenters. The van der Waals surface area contributed by atoms with Crippen molar-refractivity contribution in [2.24, 2.45) is 0 Å². The molecule has 0 aliphatic carbocycles. The van der Waals surface area contributed by atoms with Crippen molar-refractivity contribution in [3.8, 4) is 5.75 Å². The van der Waals surface area contributed by atoms with Gasteiger partial charge in [-0.05, 0) is 18.6 Å². The van der Waals surface area contributed by atoms with E-state index < -0.39 is 0 Å². The van der Waals surface area contributed by atoms with E-state index >= 15 is 0 Å². The number of nitrogen functional groups attached to an aromatic ring is 1. The average molecular weight is 253 g/mol. The maximum Gasteiger partial charge on any atom is 0.142 e. The second-order valence-electron chi connectivity index (χ2n) is 3.96. The van der Waals surface area contributed by atoms with Crippen molar-refractivity contribution in [3.05, 3.63) is 24.3 Å². The summed E-state index contributed by atoms with van der Waals surface area (Å²) in [5.74, 6) is 0.709. The van der Waals surface area contributed by atoms with Crippen LogP contribution >= 0.6 is 0 Å². The lowest BCUT2D eigenvalue weighted by molar-refractivity contribution is 0.0356. The Morgan fingerprint density at radius 1 is 0.944 bits per heavy atom. The molecule has 0 bridgehead atoms. The molecule has 0 radical (unpaired) electrons. The summed E-state index contributed by atoms with van der Waals surface area (Å²) in [6, 6.07) is 7.45.